The fourth-order valence-electron chi connectivity index (χ4n) is 2.13. The van der Waals surface area contributed by atoms with Gasteiger partial charge in [-0.15, -0.1) is 0 Å². The number of halogens is 2. The number of ketones is 1. The van der Waals surface area contributed by atoms with Crippen LogP contribution in [0, 0.1) is 5.82 Å². The summed E-state index contributed by atoms with van der Waals surface area (Å²) in [6.07, 6.45) is 1.58. The Balaban J connectivity index is 2.01. The molecular formula is C14H8BrFN2O2. The van der Waals surface area contributed by atoms with Crippen LogP contribution in [-0.2, 0) is 11.3 Å². The largest absolute Gasteiger partial charge is 0.299 e. The minimum Gasteiger partial charge on any atom is -0.296 e. The first-order valence-corrected chi connectivity index (χ1v) is 6.62. The Morgan fingerprint density at radius 3 is 2.70 bits per heavy atom. The number of fused-ring (bicyclic) bond motifs is 1. The minimum atomic E-state index is -0.727. The summed E-state index contributed by atoms with van der Waals surface area (Å²) in [5, 5.41) is 0. The van der Waals surface area contributed by atoms with Gasteiger partial charge in [-0.1, -0.05) is 6.07 Å². The molecule has 2 aromatic rings. The van der Waals surface area contributed by atoms with Gasteiger partial charge in [0, 0.05) is 10.7 Å². The third kappa shape index (κ3) is 2.02. The van der Waals surface area contributed by atoms with E-state index < -0.39 is 17.5 Å². The molecule has 1 aliphatic rings. The average molecular weight is 335 g/mol. The molecule has 0 spiro atoms. The van der Waals surface area contributed by atoms with Gasteiger partial charge in [0.05, 0.1) is 23.5 Å². The summed E-state index contributed by atoms with van der Waals surface area (Å²) in [5.74, 6) is -2.00. The van der Waals surface area contributed by atoms with Crippen LogP contribution in [0.25, 0.3) is 0 Å². The van der Waals surface area contributed by atoms with E-state index in [-0.39, 0.29) is 17.8 Å². The maximum Gasteiger partial charge on any atom is 0.299 e. The van der Waals surface area contributed by atoms with Gasteiger partial charge in [0.2, 0.25) is 0 Å². The molecule has 1 aromatic heterocycles. The summed E-state index contributed by atoms with van der Waals surface area (Å²) in [4.78, 5) is 29.0. The Kier molecular flexibility index (Phi) is 3.10. The van der Waals surface area contributed by atoms with Crippen LogP contribution in [-0.4, -0.2) is 16.7 Å². The Morgan fingerprint density at radius 2 is 2.00 bits per heavy atom. The molecule has 0 unspecified atom stereocenters. The van der Waals surface area contributed by atoms with Crippen LogP contribution < -0.4 is 4.90 Å². The molecular weight excluding hydrogens is 327 g/mol. The number of hydrogen-bond donors (Lipinski definition) is 0. The number of carbonyl (C=O) groups excluding carboxylic acids is 2. The predicted molar refractivity (Wildman–Crippen MR) is 73.9 cm³/mol. The molecule has 1 aromatic carbocycles. The van der Waals surface area contributed by atoms with E-state index in [4.69, 9.17) is 0 Å². The van der Waals surface area contributed by atoms with Gasteiger partial charge in [-0.25, -0.2) is 4.39 Å². The molecule has 0 bridgehead atoms. The van der Waals surface area contributed by atoms with Gasteiger partial charge < -0.3 is 0 Å². The molecule has 100 valence electrons. The lowest BCUT2D eigenvalue weighted by Gasteiger charge is -2.16. The van der Waals surface area contributed by atoms with Crippen LogP contribution in [0.2, 0.25) is 0 Å². The highest BCUT2D eigenvalue weighted by Crippen LogP contribution is 2.32. The molecule has 3 rings (SSSR count). The van der Waals surface area contributed by atoms with E-state index in [2.05, 4.69) is 20.9 Å². The summed E-state index contributed by atoms with van der Waals surface area (Å²) < 4.78 is 14.7. The van der Waals surface area contributed by atoms with E-state index in [1.165, 1.54) is 18.2 Å². The van der Waals surface area contributed by atoms with Crippen molar-refractivity contribution in [1.82, 2.24) is 4.98 Å². The van der Waals surface area contributed by atoms with Gasteiger partial charge in [-0.3, -0.25) is 19.5 Å². The van der Waals surface area contributed by atoms with E-state index in [1.807, 2.05) is 0 Å². The van der Waals surface area contributed by atoms with Crippen molar-refractivity contribution in [3.63, 3.8) is 0 Å². The molecule has 1 amide bonds. The standard InChI is InChI=1S/C14H8BrFN2O2/c15-8-4-5-9(17-6-8)7-18-12-10(13(19)14(18)20)2-1-3-11(12)16/h1-6H,7H2. The maximum atomic E-state index is 13.9. The quantitative estimate of drug-likeness (QED) is 0.793. The van der Waals surface area contributed by atoms with Gasteiger partial charge in [-0.05, 0) is 40.2 Å². The van der Waals surface area contributed by atoms with Gasteiger partial charge in [0.15, 0.2) is 0 Å². The molecule has 1 aliphatic heterocycles. The first-order chi connectivity index (χ1) is 9.58. The normalized spacial score (nSPS) is 13.8. The van der Waals surface area contributed by atoms with E-state index in [1.54, 1.807) is 18.3 Å². The number of benzene rings is 1. The van der Waals surface area contributed by atoms with Crippen LogP contribution >= 0.6 is 15.9 Å². The number of rotatable bonds is 2. The second-order valence-electron chi connectivity index (χ2n) is 4.32. The highest BCUT2D eigenvalue weighted by molar-refractivity contribution is 9.10. The summed E-state index contributed by atoms with van der Waals surface area (Å²) in [6.45, 7) is 0.0613. The molecule has 4 nitrogen and oxygen atoms in total. The number of nitrogens with zero attached hydrogens (tertiary/aromatic N) is 2. The van der Waals surface area contributed by atoms with E-state index >= 15 is 0 Å². The molecule has 0 fully saturated rings. The smallest absolute Gasteiger partial charge is 0.296 e. The third-order valence-corrected chi connectivity index (χ3v) is 3.52. The molecule has 0 saturated heterocycles. The second kappa shape index (κ2) is 4.79. The number of Topliss-reactive ketones (excluding diaryl/α,β-unsaturated/α-hetero) is 1. The molecule has 0 atom stereocenters. The van der Waals surface area contributed by atoms with Gasteiger partial charge in [-0.2, -0.15) is 0 Å². The minimum absolute atomic E-state index is 0.0345. The third-order valence-electron chi connectivity index (χ3n) is 3.05. The van der Waals surface area contributed by atoms with Gasteiger partial charge in [0.1, 0.15) is 5.82 Å². The van der Waals surface area contributed by atoms with Crippen molar-refractivity contribution in [2.75, 3.05) is 4.90 Å². The Morgan fingerprint density at radius 1 is 1.20 bits per heavy atom. The lowest BCUT2D eigenvalue weighted by molar-refractivity contribution is -0.114. The number of carbonyl (C=O) groups is 2. The number of aromatic nitrogens is 1. The number of amides is 1. The predicted octanol–water partition coefficient (Wildman–Crippen LogP) is 2.71. The van der Waals surface area contributed by atoms with Crippen molar-refractivity contribution in [1.29, 1.82) is 0 Å². The molecule has 0 radical (unpaired) electrons. The molecule has 20 heavy (non-hydrogen) atoms. The highest BCUT2D eigenvalue weighted by Gasteiger charge is 2.37. The average Bonchev–Trinajstić information content (AvgIpc) is 2.68. The Bertz CT molecular complexity index is 716. The van der Waals surface area contributed by atoms with Crippen LogP contribution in [0.3, 0.4) is 0 Å². The van der Waals surface area contributed by atoms with Gasteiger partial charge in [0.25, 0.3) is 11.7 Å². The summed E-state index contributed by atoms with van der Waals surface area (Å²) in [6, 6.07) is 7.58. The molecule has 0 saturated carbocycles. The van der Waals surface area contributed by atoms with Crippen molar-refractivity contribution >= 4 is 33.3 Å². The SMILES string of the molecule is O=C1C(=O)N(Cc2ccc(Br)cn2)c2c(F)cccc21. The first kappa shape index (κ1) is 12.9. The summed E-state index contributed by atoms with van der Waals surface area (Å²) >= 11 is 3.26. The van der Waals surface area contributed by atoms with Crippen molar-refractivity contribution in [3.8, 4) is 0 Å². The number of anilines is 1. The fraction of sp³-hybridized carbons (Fsp3) is 0.0714. The van der Waals surface area contributed by atoms with Crippen LogP contribution in [0.15, 0.2) is 41.0 Å². The summed E-state index contributed by atoms with van der Waals surface area (Å²) in [7, 11) is 0. The van der Waals surface area contributed by atoms with Crippen molar-refractivity contribution in [2.45, 2.75) is 6.54 Å². The Labute approximate surface area is 122 Å². The zero-order valence-electron chi connectivity index (χ0n) is 10.1. The number of para-hydroxylation sites is 1. The van der Waals surface area contributed by atoms with Crippen molar-refractivity contribution < 1.29 is 14.0 Å². The Hall–Kier alpha value is -2.08. The fourth-order valence-corrected chi connectivity index (χ4v) is 2.36. The van der Waals surface area contributed by atoms with Crippen molar-refractivity contribution in [2.24, 2.45) is 0 Å². The van der Waals surface area contributed by atoms with Crippen LogP contribution in [0.5, 0.6) is 0 Å². The number of pyridine rings is 1. The maximum absolute atomic E-state index is 13.9. The van der Waals surface area contributed by atoms with E-state index in [9.17, 15) is 14.0 Å². The topological polar surface area (TPSA) is 50.3 Å². The molecule has 0 aliphatic carbocycles. The molecule has 2 heterocycles. The second-order valence-corrected chi connectivity index (χ2v) is 5.24. The van der Waals surface area contributed by atoms with Gasteiger partial charge >= 0.3 is 0 Å². The number of hydrogen-bond acceptors (Lipinski definition) is 3. The lowest BCUT2D eigenvalue weighted by Crippen LogP contribution is -2.29. The first-order valence-electron chi connectivity index (χ1n) is 5.83. The summed E-state index contributed by atoms with van der Waals surface area (Å²) in [5.41, 5.74) is 0.713. The molecule has 0 N–H and O–H groups in total. The monoisotopic (exact) mass is 334 g/mol. The van der Waals surface area contributed by atoms with Crippen molar-refractivity contribution in [3.05, 3.63) is 58.1 Å². The highest BCUT2D eigenvalue weighted by atomic mass is 79.9. The van der Waals surface area contributed by atoms with Crippen LogP contribution in [0.1, 0.15) is 16.1 Å². The van der Waals surface area contributed by atoms with E-state index in [0.29, 0.717) is 5.69 Å². The van der Waals surface area contributed by atoms with Crippen LogP contribution in [0.4, 0.5) is 10.1 Å². The zero-order chi connectivity index (χ0) is 14.3. The zero-order valence-corrected chi connectivity index (χ0v) is 11.7. The van der Waals surface area contributed by atoms with E-state index in [0.717, 1.165) is 9.37 Å². The molecule has 6 heteroatoms. The lowest BCUT2D eigenvalue weighted by atomic mass is 10.1.